The second kappa shape index (κ2) is 8.32. The molecule has 4 rings (SSSR count). The van der Waals surface area contributed by atoms with Gasteiger partial charge >= 0.3 is 0 Å². The van der Waals surface area contributed by atoms with Gasteiger partial charge < -0.3 is 4.74 Å². The first-order valence-corrected chi connectivity index (χ1v) is 13.9. The second-order valence-electron chi connectivity index (χ2n) is 8.71. The molecule has 3 fully saturated rings. The van der Waals surface area contributed by atoms with Gasteiger partial charge in [-0.15, -0.1) is 0 Å². The number of hydrogen-bond acceptors (Lipinski definition) is 6. The molecule has 1 amide bonds. The first kappa shape index (κ1) is 22.5. The van der Waals surface area contributed by atoms with Gasteiger partial charge in [-0.2, -0.15) is 0 Å². The Morgan fingerprint density at radius 3 is 2.29 bits per heavy atom. The molecular formula is C20H27FN2O6S2. The van der Waals surface area contributed by atoms with Crippen LogP contribution in [-0.2, 0) is 20.0 Å². The van der Waals surface area contributed by atoms with E-state index in [0.29, 0.717) is 56.7 Å². The molecule has 1 aromatic rings. The fourth-order valence-corrected chi connectivity index (χ4v) is 6.06. The average Bonchev–Trinajstić information content (AvgIpc) is 3.58. The van der Waals surface area contributed by atoms with E-state index < -0.39 is 37.0 Å². The van der Waals surface area contributed by atoms with E-state index in [1.807, 2.05) is 4.72 Å². The highest BCUT2D eigenvalue weighted by molar-refractivity contribution is 7.91. The Morgan fingerprint density at radius 1 is 1.10 bits per heavy atom. The number of nitrogens with one attached hydrogen (secondary N) is 1. The van der Waals surface area contributed by atoms with E-state index in [1.165, 1.54) is 22.7 Å². The Morgan fingerprint density at radius 2 is 1.74 bits per heavy atom. The topological polar surface area (TPSA) is 110 Å². The van der Waals surface area contributed by atoms with Crippen molar-refractivity contribution in [2.75, 3.05) is 26.0 Å². The summed E-state index contributed by atoms with van der Waals surface area (Å²) < 4.78 is 71.9. The number of hydrogen-bond donors (Lipinski definition) is 1. The van der Waals surface area contributed by atoms with Crippen LogP contribution in [0.5, 0.6) is 5.75 Å². The molecule has 0 radical (unpaired) electrons. The minimum absolute atomic E-state index is 0.0464. The van der Waals surface area contributed by atoms with Gasteiger partial charge in [-0.1, -0.05) is 0 Å². The van der Waals surface area contributed by atoms with Gasteiger partial charge in [-0.25, -0.2) is 30.3 Å². The van der Waals surface area contributed by atoms with Gasteiger partial charge in [-0.05, 0) is 62.5 Å². The number of benzene rings is 1. The van der Waals surface area contributed by atoms with Gasteiger partial charge in [0.2, 0.25) is 20.0 Å². The monoisotopic (exact) mass is 474 g/mol. The lowest BCUT2D eigenvalue weighted by molar-refractivity contribution is 0.0977. The lowest BCUT2D eigenvalue weighted by atomic mass is 9.99. The lowest BCUT2D eigenvalue weighted by Gasteiger charge is -2.30. The zero-order chi connectivity index (χ0) is 22.4. The molecule has 1 saturated heterocycles. The van der Waals surface area contributed by atoms with Crippen LogP contribution in [0.15, 0.2) is 12.1 Å². The zero-order valence-electron chi connectivity index (χ0n) is 17.3. The number of piperidine rings is 1. The molecule has 0 unspecified atom stereocenters. The van der Waals surface area contributed by atoms with Crippen molar-refractivity contribution in [3.05, 3.63) is 29.1 Å². The molecule has 0 atom stereocenters. The van der Waals surface area contributed by atoms with Crippen molar-refractivity contribution in [2.45, 2.75) is 49.7 Å². The largest absolute Gasteiger partial charge is 0.493 e. The van der Waals surface area contributed by atoms with Crippen molar-refractivity contribution in [1.82, 2.24) is 9.03 Å². The molecule has 2 aliphatic carbocycles. The fraction of sp³-hybridized carbons (Fsp3) is 0.650. The Bertz CT molecular complexity index is 1070. The highest BCUT2D eigenvalue weighted by atomic mass is 32.2. The Hall–Kier alpha value is -1.72. The fourth-order valence-electron chi connectivity index (χ4n) is 3.89. The number of ether oxygens (including phenoxy) is 1. The average molecular weight is 475 g/mol. The zero-order valence-corrected chi connectivity index (χ0v) is 19.0. The van der Waals surface area contributed by atoms with Crippen molar-refractivity contribution >= 4 is 26.0 Å². The van der Waals surface area contributed by atoms with E-state index in [1.54, 1.807) is 0 Å². The summed E-state index contributed by atoms with van der Waals surface area (Å²) in [6, 6.07) is 2.79. The van der Waals surface area contributed by atoms with Crippen LogP contribution in [0.25, 0.3) is 0 Å². The summed E-state index contributed by atoms with van der Waals surface area (Å²) in [4.78, 5) is 12.4. The van der Waals surface area contributed by atoms with Crippen molar-refractivity contribution < 1.29 is 30.8 Å². The second-order valence-corrected chi connectivity index (χ2v) is 12.6. The van der Waals surface area contributed by atoms with E-state index in [0.717, 1.165) is 12.8 Å². The summed E-state index contributed by atoms with van der Waals surface area (Å²) in [5.41, 5.74) is 0.0324. The molecule has 8 nitrogen and oxygen atoms in total. The SMILES string of the molecule is CS(=O)(=O)N1CCC(COc2ccc(C(=O)NS(=O)(=O)C3CC3)c(F)c2C2CC2)CC1. The van der Waals surface area contributed by atoms with Gasteiger partial charge in [0, 0.05) is 18.7 Å². The van der Waals surface area contributed by atoms with Gasteiger partial charge in [0.05, 0.1) is 23.7 Å². The third-order valence-corrected chi connectivity index (χ3v) is 9.21. The third kappa shape index (κ3) is 5.20. The summed E-state index contributed by atoms with van der Waals surface area (Å²) in [6.07, 6.45) is 5.10. The molecule has 172 valence electrons. The highest BCUT2D eigenvalue weighted by Crippen LogP contribution is 2.46. The van der Waals surface area contributed by atoms with Crippen LogP contribution in [0, 0.1) is 11.7 Å². The standard InChI is InChI=1S/C20H27FN2O6S2/c1-30(25,26)23-10-8-13(9-11-23)12-29-17-7-6-16(19(21)18(17)14-2-3-14)20(24)22-31(27,28)15-4-5-15/h6-7,13-15H,2-5,8-12H2,1H3,(H,22,24). The van der Waals surface area contributed by atoms with Crippen molar-refractivity contribution in [3.8, 4) is 5.75 Å². The molecule has 1 heterocycles. The van der Waals surface area contributed by atoms with E-state index in [2.05, 4.69) is 0 Å². The molecule has 0 spiro atoms. The highest BCUT2D eigenvalue weighted by Gasteiger charge is 2.38. The molecule has 0 aromatic heterocycles. The summed E-state index contributed by atoms with van der Waals surface area (Å²) in [7, 11) is -6.96. The Kier molecular flexibility index (Phi) is 6.04. The van der Waals surface area contributed by atoms with Gasteiger partial charge in [0.15, 0.2) is 0 Å². The summed E-state index contributed by atoms with van der Waals surface area (Å²) in [6.45, 7) is 1.20. The Balaban J connectivity index is 1.44. The van der Waals surface area contributed by atoms with Crippen LogP contribution >= 0.6 is 0 Å². The van der Waals surface area contributed by atoms with Crippen LogP contribution in [0.1, 0.15) is 60.4 Å². The predicted octanol–water partition coefficient (Wildman–Crippen LogP) is 1.98. The smallest absolute Gasteiger partial charge is 0.267 e. The minimum atomic E-state index is -3.76. The maximum Gasteiger partial charge on any atom is 0.267 e. The molecule has 0 bridgehead atoms. The molecular weight excluding hydrogens is 447 g/mol. The minimum Gasteiger partial charge on any atom is -0.493 e. The number of carbonyl (C=O) groups excluding carboxylic acids is 1. The maximum absolute atomic E-state index is 15.2. The number of nitrogens with zero attached hydrogens (tertiary/aromatic N) is 1. The van der Waals surface area contributed by atoms with Gasteiger partial charge in [0.1, 0.15) is 11.6 Å². The molecule has 31 heavy (non-hydrogen) atoms. The lowest BCUT2D eigenvalue weighted by Crippen LogP contribution is -2.39. The third-order valence-electron chi connectivity index (χ3n) is 6.09. The van der Waals surface area contributed by atoms with E-state index >= 15 is 4.39 Å². The van der Waals surface area contributed by atoms with Crippen molar-refractivity contribution in [3.63, 3.8) is 0 Å². The molecule has 3 aliphatic rings. The molecule has 1 N–H and O–H groups in total. The Labute approximate surface area is 182 Å². The summed E-state index contributed by atoms with van der Waals surface area (Å²) in [5.74, 6) is -1.21. The van der Waals surface area contributed by atoms with Crippen LogP contribution in [-0.4, -0.2) is 58.3 Å². The molecule has 1 aliphatic heterocycles. The summed E-state index contributed by atoms with van der Waals surface area (Å²) >= 11 is 0. The van der Waals surface area contributed by atoms with Crippen LogP contribution < -0.4 is 9.46 Å². The number of amides is 1. The predicted molar refractivity (Wildman–Crippen MR) is 112 cm³/mol. The van der Waals surface area contributed by atoms with E-state index in [9.17, 15) is 21.6 Å². The molecule has 1 aromatic carbocycles. The first-order valence-electron chi connectivity index (χ1n) is 10.5. The maximum atomic E-state index is 15.2. The normalized spacial score (nSPS) is 21.1. The van der Waals surface area contributed by atoms with Crippen molar-refractivity contribution in [1.29, 1.82) is 0 Å². The summed E-state index contributed by atoms with van der Waals surface area (Å²) in [5, 5.41) is -0.570. The quantitative estimate of drug-likeness (QED) is 0.617. The van der Waals surface area contributed by atoms with Crippen molar-refractivity contribution in [2.24, 2.45) is 5.92 Å². The van der Waals surface area contributed by atoms with E-state index in [-0.39, 0.29) is 17.4 Å². The molecule has 2 saturated carbocycles. The molecule has 11 heteroatoms. The van der Waals surface area contributed by atoms with E-state index in [4.69, 9.17) is 4.74 Å². The van der Waals surface area contributed by atoms with Crippen LogP contribution in [0.3, 0.4) is 0 Å². The number of carbonyl (C=O) groups is 1. The van der Waals surface area contributed by atoms with Crippen LogP contribution in [0.4, 0.5) is 4.39 Å². The van der Waals surface area contributed by atoms with Gasteiger partial charge in [0.25, 0.3) is 5.91 Å². The number of rotatable bonds is 8. The van der Waals surface area contributed by atoms with Crippen LogP contribution in [0.2, 0.25) is 0 Å². The first-order chi connectivity index (χ1) is 14.6. The number of sulfonamides is 2. The van der Waals surface area contributed by atoms with Gasteiger partial charge in [-0.3, -0.25) is 4.79 Å². The number of halogens is 1.